The maximum atomic E-state index is 11.0. The van der Waals surface area contributed by atoms with Crippen molar-refractivity contribution in [2.45, 2.75) is 0 Å². The maximum absolute atomic E-state index is 11.0. The number of carbonyl (C=O) groups is 1. The fourth-order valence-electron chi connectivity index (χ4n) is 0.779. The van der Waals surface area contributed by atoms with Crippen LogP contribution in [0.4, 0.5) is 5.82 Å². The van der Waals surface area contributed by atoms with E-state index in [1.165, 1.54) is 25.2 Å². The smallest absolute Gasteiger partial charge is 0.358 e. The minimum absolute atomic E-state index is 0.0386. The Kier molecular flexibility index (Phi) is 2.53. The lowest BCUT2D eigenvalue weighted by Gasteiger charge is -1.94. The van der Waals surface area contributed by atoms with Crippen LogP contribution in [0.25, 0.3) is 0 Å². The van der Waals surface area contributed by atoms with Gasteiger partial charge in [0.25, 0.3) is 5.91 Å². The molecule has 0 saturated heterocycles. The van der Waals surface area contributed by atoms with Crippen LogP contribution in [-0.2, 0) is 0 Å². The van der Waals surface area contributed by atoms with E-state index in [1.54, 1.807) is 0 Å². The van der Waals surface area contributed by atoms with E-state index in [0.29, 0.717) is 0 Å². The highest BCUT2D eigenvalue weighted by atomic mass is 16.6. The lowest BCUT2D eigenvalue weighted by molar-refractivity contribution is -0.389. The molecule has 6 nitrogen and oxygen atoms in total. The summed E-state index contributed by atoms with van der Waals surface area (Å²) >= 11 is 0. The van der Waals surface area contributed by atoms with Crippen LogP contribution in [-0.4, -0.2) is 22.9 Å². The number of amides is 1. The Labute approximate surface area is 73.7 Å². The van der Waals surface area contributed by atoms with Crippen molar-refractivity contribution in [2.75, 3.05) is 7.05 Å². The average molecular weight is 181 g/mol. The SMILES string of the molecule is CNC(=O)c1cccc([N+](=O)[O-])n1. The molecule has 0 aliphatic rings. The molecule has 1 N–H and O–H groups in total. The first kappa shape index (κ1) is 9.11. The lowest BCUT2D eigenvalue weighted by Crippen LogP contribution is -2.19. The standard InChI is InChI=1S/C7H7N3O3/c1-8-7(11)5-3-2-4-6(9-5)10(12)13/h2-4H,1H3,(H,8,11). The Bertz CT molecular complexity index is 351. The van der Waals surface area contributed by atoms with Crippen molar-refractivity contribution in [3.05, 3.63) is 34.0 Å². The molecule has 0 saturated carbocycles. The van der Waals surface area contributed by atoms with Crippen molar-refractivity contribution in [2.24, 2.45) is 0 Å². The molecule has 1 heterocycles. The molecular weight excluding hydrogens is 174 g/mol. The van der Waals surface area contributed by atoms with Crippen LogP contribution in [0.5, 0.6) is 0 Å². The minimum Gasteiger partial charge on any atom is -0.358 e. The topological polar surface area (TPSA) is 85.1 Å². The van der Waals surface area contributed by atoms with Gasteiger partial charge in [0, 0.05) is 13.1 Å². The first-order valence-electron chi connectivity index (χ1n) is 3.48. The van der Waals surface area contributed by atoms with E-state index in [2.05, 4.69) is 10.3 Å². The van der Waals surface area contributed by atoms with Crippen LogP contribution < -0.4 is 5.32 Å². The van der Waals surface area contributed by atoms with Gasteiger partial charge in [-0.05, 0) is 22.0 Å². The highest BCUT2D eigenvalue weighted by molar-refractivity contribution is 5.92. The van der Waals surface area contributed by atoms with Gasteiger partial charge >= 0.3 is 5.82 Å². The predicted octanol–water partition coefficient (Wildman–Crippen LogP) is 0.349. The molecule has 1 rings (SSSR count). The summed E-state index contributed by atoms with van der Waals surface area (Å²) in [5, 5.41) is 12.6. The zero-order valence-electron chi connectivity index (χ0n) is 6.85. The Hall–Kier alpha value is -1.98. The molecule has 0 bridgehead atoms. The third-order valence-corrected chi connectivity index (χ3v) is 1.38. The van der Waals surface area contributed by atoms with Gasteiger partial charge in [0.2, 0.25) is 5.69 Å². The number of nitrogens with one attached hydrogen (secondary N) is 1. The molecule has 0 unspecified atom stereocenters. The largest absolute Gasteiger partial charge is 0.364 e. The Morgan fingerprint density at radius 1 is 1.62 bits per heavy atom. The van der Waals surface area contributed by atoms with Gasteiger partial charge in [0.15, 0.2) is 0 Å². The highest BCUT2D eigenvalue weighted by Crippen LogP contribution is 2.06. The summed E-state index contributed by atoms with van der Waals surface area (Å²) in [6, 6.07) is 4.05. The van der Waals surface area contributed by atoms with Crippen molar-refractivity contribution in [1.29, 1.82) is 0 Å². The summed E-state index contributed by atoms with van der Waals surface area (Å²) in [4.78, 5) is 24.2. The monoisotopic (exact) mass is 181 g/mol. The van der Waals surface area contributed by atoms with E-state index in [1.807, 2.05) is 0 Å². The van der Waals surface area contributed by atoms with Crippen LogP contribution in [0.15, 0.2) is 18.2 Å². The number of carbonyl (C=O) groups excluding carboxylic acids is 1. The fourth-order valence-corrected chi connectivity index (χ4v) is 0.779. The van der Waals surface area contributed by atoms with Crippen molar-refractivity contribution < 1.29 is 9.72 Å². The van der Waals surface area contributed by atoms with Gasteiger partial charge in [0.05, 0.1) is 0 Å². The van der Waals surface area contributed by atoms with Crippen LogP contribution in [0.1, 0.15) is 10.5 Å². The second-order valence-electron chi connectivity index (χ2n) is 2.22. The number of hydrogen-bond donors (Lipinski definition) is 1. The van der Waals surface area contributed by atoms with Crippen LogP contribution in [0.3, 0.4) is 0 Å². The van der Waals surface area contributed by atoms with Gasteiger partial charge in [-0.2, -0.15) is 0 Å². The first-order chi connectivity index (χ1) is 6.15. The van der Waals surface area contributed by atoms with Gasteiger partial charge < -0.3 is 15.4 Å². The number of rotatable bonds is 2. The molecule has 0 aliphatic heterocycles. The second-order valence-corrected chi connectivity index (χ2v) is 2.22. The Morgan fingerprint density at radius 2 is 2.31 bits per heavy atom. The molecular formula is C7H7N3O3. The van der Waals surface area contributed by atoms with Gasteiger partial charge in [-0.3, -0.25) is 4.79 Å². The van der Waals surface area contributed by atoms with E-state index in [9.17, 15) is 14.9 Å². The molecule has 0 radical (unpaired) electrons. The molecule has 0 aliphatic carbocycles. The molecule has 0 atom stereocenters. The van der Waals surface area contributed by atoms with Crippen LogP contribution >= 0.6 is 0 Å². The molecule has 1 amide bonds. The quantitative estimate of drug-likeness (QED) is 0.526. The third-order valence-electron chi connectivity index (χ3n) is 1.38. The zero-order valence-corrected chi connectivity index (χ0v) is 6.85. The molecule has 68 valence electrons. The maximum Gasteiger partial charge on any atom is 0.364 e. The third kappa shape index (κ3) is 1.98. The number of aromatic nitrogens is 1. The second kappa shape index (κ2) is 3.61. The Balaban J connectivity index is 3.05. The molecule has 0 spiro atoms. The van der Waals surface area contributed by atoms with E-state index < -0.39 is 10.8 Å². The number of hydrogen-bond acceptors (Lipinski definition) is 4. The van der Waals surface area contributed by atoms with Gasteiger partial charge in [-0.25, -0.2) is 0 Å². The predicted molar refractivity (Wildman–Crippen MR) is 44.3 cm³/mol. The molecule has 1 aromatic heterocycles. The summed E-state index contributed by atoms with van der Waals surface area (Å²) in [5.41, 5.74) is 0.0386. The molecule has 1 aromatic rings. The summed E-state index contributed by atoms with van der Waals surface area (Å²) in [6.07, 6.45) is 0. The van der Waals surface area contributed by atoms with E-state index in [-0.39, 0.29) is 11.5 Å². The zero-order chi connectivity index (χ0) is 9.84. The van der Waals surface area contributed by atoms with E-state index >= 15 is 0 Å². The summed E-state index contributed by atoms with van der Waals surface area (Å²) in [5.74, 6) is -0.773. The molecule has 0 fully saturated rings. The van der Waals surface area contributed by atoms with Crippen molar-refractivity contribution in [1.82, 2.24) is 10.3 Å². The number of pyridine rings is 1. The fraction of sp³-hybridized carbons (Fsp3) is 0.143. The normalized spacial score (nSPS) is 9.31. The molecule has 0 aromatic carbocycles. The van der Waals surface area contributed by atoms with Crippen LogP contribution in [0.2, 0.25) is 0 Å². The lowest BCUT2D eigenvalue weighted by atomic mass is 10.3. The summed E-state index contributed by atoms with van der Waals surface area (Å²) < 4.78 is 0. The minimum atomic E-state index is -0.646. The number of nitro groups is 1. The summed E-state index contributed by atoms with van der Waals surface area (Å²) in [6.45, 7) is 0. The van der Waals surface area contributed by atoms with Crippen molar-refractivity contribution >= 4 is 11.7 Å². The van der Waals surface area contributed by atoms with Crippen molar-refractivity contribution in [3.63, 3.8) is 0 Å². The highest BCUT2D eigenvalue weighted by Gasteiger charge is 2.14. The van der Waals surface area contributed by atoms with Gasteiger partial charge in [0.1, 0.15) is 0 Å². The molecule has 6 heteroatoms. The average Bonchev–Trinajstić information content (AvgIpc) is 2.17. The van der Waals surface area contributed by atoms with Crippen molar-refractivity contribution in [3.8, 4) is 0 Å². The van der Waals surface area contributed by atoms with E-state index in [0.717, 1.165) is 0 Å². The van der Waals surface area contributed by atoms with Gasteiger partial charge in [-0.1, -0.05) is 0 Å². The summed E-state index contributed by atoms with van der Waals surface area (Å²) in [7, 11) is 1.43. The van der Waals surface area contributed by atoms with Gasteiger partial charge in [-0.15, -0.1) is 0 Å². The van der Waals surface area contributed by atoms with Crippen LogP contribution in [0, 0.1) is 10.1 Å². The first-order valence-corrected chi connectivity index (χ1v) is 3.48. The Morgan fingerprint density at radius 3 is 2.85 bits per heavy atom. The molecule has 13 heavy (non-hydrogen) atoms. The van der Waals surface area contributed by atoms with E-state index in [4.69, 9.17) is 0 Å². The number of nitrogens with zero attached hydrogens (tertiary/aromatic N) is 2.